The van der Waals surface area contributed by atoms with Crippen molar-refractivity contribution in [1.29, 1.82) is 0 Å². The van der Waals surface area contributed by atoms with Crippen molar-refractivity contribution in [3.63, 3.8) is 0 Å². The fraction of sp³-hybridized carbons (Fsp3) is 0.318. The first-order valence-electron chi connectivity index (χ1n) is 9.20. The molecule has 0 saturated heterocycles. The molecule has 0 saturated carbocycles. The Bertz CT molecular complexity index is 848. The number of rotatable bonds is 8. The Morgan fingerprint density at radius 2 is 1.81 bits per heavy atom. The van der Waals surface area contributed by atoms with Crippen molar-refractivity contribution < 1.29 is 13.6 Å². The third-order valence-electron chi connectivity index (χ3n) is 4.48. The molecule has 3 rings (SSSR count). The lowest BCUT2D eigenvalue weighted by Crippen LogP contribution is -2.29. The summed E-state index contributed by atoms with van der Waals surface area (Å²) in [5.74, 6) is 1.56. The van der Waals surface area contributed by atoms with Crippen LogP contribution < -0.4 is 5.32 Å². The van der Waals surface area contributed by atoms with Crippen molar-refractivity contribution in [2.75, 3.05) is 0 Å². The molecule has 0 atom stereocenters. The van der Waals surface area contributed by atoms with Gasteiger partial charge in [0.05, 0.1) is 19.4 Å². The van der Waals surface area contributed by atoms with E-state index in [1.54, 1.807) is 18.4 Å². The van der Waals surface area contributed by atoms with Crippen molar-refractivity contribution in [2.45, 2.75) is 46.4 Å². The Kier molecular flexibility index (Phi) is 6.14. The first-order chi connectivity index (χ1) is 13.0. The van der Waals surface area contributed by atoms with E-state index in [4.69, 9.17) is 8.83 Å². The number of aryl methyl sites for hydroxylation is 1. The monoisotopic (exact) mass is 366 g/mol. The summed E-state index contributed by atoms with van der Waals surface area (Å²) < 4.78 is 11.0. The van der Waals surface area contributed by atoms with E-state index < -0.39 is 0 Å². The molecular formula is C22H26N2O3. The zero-order valence-corrected chi connectivity index (χ0v) is 16.1. The van der Waals surface area contributed by atoms with Gasteiger partial charge in [0.1, 0.15) is 11.5 Å². The molecule has 1 amide bonds. The molecule has 0 aliphatic carbocycles. The van der Waals surface area contributed by atoms with Crippen molar-refractivity contribution in [1.82, 2.24) is 10.2 Å². The third-order valence-corrected chi connectivity index (χ3v) is 4.48. The Morgan fingerprint density at radius 1 is 1.04 bits per heavy atom. The molecule has 0 fully saturated rings. The summed E-state index contributed by atoms with van der Waals surface area (Å²) in [6, 6.07) is 16.1. The van der Waals surface area contributed by atoms with Crippen molar-refractivity contribution in [3.05, 3.63) is 83.2 Å². The van der Waals surface area contributed by atoms with Gasteiger partial charge >= 0.3 is 0 Å². The maximum atomic E-state index is 12.2. The summed E-state index contributed by atoms with van der Waals surface area (Å²) >= 11 is 0. The van der Waals surface area contributed by atoms with E-state index in [2.05, 4.69) is 55.3 Å². The molecule has 1 aromatic carbocycles. The molecule has 0 radical (unpaired) electrons. The number of carbonyl (C=O) groups excluding carboxylic acids is 1. The lowest BCUT2D eigenvalue weighted by Gasteiger charge is -2.25. The van der Waals surface area contributed by atoms with Gasteiger partial charge in [-0.1, -0.05) is 29.8 Å². The topological polar surface area (TPSA) is 58.6 Å². The maximum absolute atomic E-state index is 12.2. The zero-order valence-electron chi connectivity index (χ0n) is 16.1. The predicted molar refractivity (Wildman–Crippen MR) is 104 cm³/mol. The average molecular weight is 366 g/mol. The molecule has 3 aromatic rings. The highest BCUT2D eigenvalue weighted by molar-refractivity contribution is 5.91. The molecular weight excluding hydrogens is 340 g/mol. The van der Waals surface area contributed by atoms with Crippen molar-refractivity contribution in [3.8, 4) is 0 Å². The third kappa shape index (κ3) is 5.34. The van der Waals surface area contributed by atoms with Crippen LogP contribution in [0.2, 0.25) is 0 Å². The van der Waals surface area contributed by atoms with Crippen molar-refractivity contribution in [2.24, 2.45) is 0 Å². The minimum Gasteiger partial charge on any atom is -0.467 e. The second kappa shape index (κ2) is 8.73. The van der Waals surface area contributed by atoms with Crippen LogP contribution in [0.1, 0.15) is 47.0 Å². The van der Waals surface area contributed by atoms with E-state index in [0.717, 1.165) is 12.3 Å². The quantitative estimate of drug-likeness (QED) is 0.637. The highest BCUT2D eigenvalue weighted by Crippen LogP contribution is 2.16. The number of benzene rings is 1. The van der Waals surface area contributed by atoms with E-state index in [1.807, 2.05) is 12.1 Å². The van der Waals surface area contributed by atoms with Crippen LogP contribution in [0.15, 0.2) is 63.6 Å². The Balaban J connectivity index is 1.60. The fourth-order valence-electron chi connectivity index (χ4n) is 2.80. The number of nitrogens with zero attached hydrogens (tertiary/aromatic N) is 1. The second-order valence-electron chi connectivity index (χ2n) is 7.01. The van der Waals surface area contributed by atoms with E-state index in [0.29, 0.717) is 30.7 Å². The van der Waals surface area contributed by atoms with Crippen LogP contribution in [0.4, 0.5) is 0 Å². The highest BCUT2D eigenvalue weighted by atomic mass is 16.4. The standard InChI is InChI=1S/C22H26N2O3/c1-16(2)24(14-18-8-6-17(3)7-9-18)15-20-10-11-21(27-20)22(25)23-13-19-5-4-12-26-19/h4-12,16H,13-15H2,1-3H3,(H,23,25). The molecule has 0 spiro atoms. The van der Waals surface area contributed by atoms with Gasteiger partial charge in [0.15, 0.2) is 5.76 Å². The van der Waals surface area contributed by atoms with Crippen LogP contribution in [-0.4, -0.2) is 16.8 Å². The van der Waals surface area contributed by atoms with Crippen LogP contribution >= 0.6 is 0 Å². The van der Waals surface area contributed by atoms with Gasteiger partial charge < -0.3 is 14.2 Å². The Labute approximate surface area is 160 Å². The van der Waals surface area contributed by atoms with Gasteiger partial charge in [-0.3, -0.25) is 9.69 Å². The lowest BCUT2D eigenvalue weighted by atomic mass is 10.1. The summed E-state index contributed by atoms with van der Waals surface area (Å²) in [6.07, 6.45) is 1.58. The second-order valence-corrected chi connectivity index (χ2v) is 7.01. The molecule has 2 heterocycles. The summed E-state index contributed by atoms with van der Waals surface area (Å²) in [7, 11) is 0. The van der Waals surface area contributed by atoms with Crippen molar-refractivity contribution >= 4 is 5.91 Å². The average Bonchev–Trinajstić information content (AvgIpc) is 3.32. The first kappa shape index (κ1) is 19.0. The van der Waals surface area contributed by atoms with E-state index >= 15 is 0 Å². The molecule has 0 aliphatic heterocycles. The van der Waals surface area contributed by atoms with E-state index in [9.17, 15) is 4.79 Å². The molecule has 1 N–H and O–H groups in total. The summed E-state index contributed by atoms with van der Waals surface area (Å²) in [5.41, 5.74) is 2.52. The minimum atomic E-state index is -0.243. The van der Waals surface area contributed by atoms with Gasteiger partial charge in [-0.2, -0.15) is 0 Å². The molecule has 0 unspecified atom stereocenters. The minimum absolute atomic E-state index is 0.243. The van der Waals surface area contributed by atoms with Crippen LogP contribution in [0.5, 0.6) is 0 Å². The smallest absolute Gasteiger partial charge is 0.287 e. The Hall–Kier alpha value is -2.79. The summed E-state index contributed by atoms with van der Waals surface area (Å²) in [5, 5.41) is 2.80. The summed E-state index contributed by atoms with van der Waals surface area (Å²) in [4.78, 5) is 14.5. The molecule has 5 heteroatoms. The van der Waals surface area contributed by atoms with Gasteiger partial charge in [0, 0.05) is 12.6 Å². The van der Waals surface area contributed by atoms with Crippen LogP contribution in [0, 0.1) is 6.92 Å². The van der Waals surface area contributed by atoms with Gasteiger partial charge in [0.25, 0.3) is 5.91 Å². The first-order valence-corrected chi connectivity index (χ1v) is 9.20. The van der Waals surface area contributed by atoms with E-state index in [1.165, 1.54) is 11.1 Å². The lowest BCUT2D eigenvalue weighted by molar-refractivity contribution is 0.0915. The Morgan fingerprint density at radius 3 is 2.48 bits per heavy atom. The highest BCUT2D eigenvalue weighted by Gasteiger charge is 2.16. The number of hydrogen-bond donors (Lipinski definition) is 1. The van der Waals surface area contributed by atoms with Crippen LogP contribution in [0.25, 0.3) is 0 Å². The number of carbonyl (C=O) groups is 1. The molecule has 142 valence electrons. The normalized spacial score (nSPS) is 11.3. The number of hydrogen-bond acceptors (Lipinski definition) is 4. The maximum Gasteiger partial charge on any atom is 0.287 e. The molecule has 2 aromatic heterocycles. The number of nitrogens with one attached hydrogen (secondary N) is 1. The predicted octanol–water partition coefficient (Wildman–Crippen LogP) is 4.52. The zero-order chi connectivity index (χ0) is 19.2. The van der Waals surface area contributed by atoms with Crippen LogP contribution in [-0.2, 0) is 19.6 Å². The SMILES string of the molecule is Cc1ccc(CN(Cc2ccc(C(=O)NCc3ccco3)o2)C(C)C)cc1. The van der Waals surface area contributed by atoms with Gasteiger partial charge in [-0.15, -0.1) is 0 Å². The van der Waals surface area contributed by atoms with E-state index in [-0.39, 0.29) is 5.91 Å². The number of amides is 1. The number of furan rings is 2. The van der Waals surface area contributed by atoms with Gasteiger partial charge in [-0.05, 0) is 50.6 Å². The fourth-order valence-corrected chi connectivity index (χ4v) is 2.80. The molecule has 0 aliphatic rings. The molecule has 0 bridgehead atoms. The largest absolute Gasteiger partial charge is 0.467 e. The summed E-state index contributed by atoms with van der Waals surface area (Å²) in [6.45, 7) is 8.23. The van der Waals surface area contributed by atoms with Gasteiger partial charge in [0.2, 0.25) is 0 Å². The molecule has 27 heavy (non-hydrogen) atoms. The van der Waals surface area contributed by atoms with Crippen LogP contribution in [0.3, 0.4) is 0 Å². The molecule has 5 nitrogen and oxygen atoms in total. The van der Waals surface area contributed by atoms with Gasteiger partial charge in [-0.25, -0.2) is 0 Å².